The summed E-state index contributed by atoms with van der Waals surface area (Å²) in [5, 5.41) is 3.74. The molecule has 110 valence electrons. The minimum Gasteiger partial charge on any atom is -0.467 e. The number of nitrogens with one attached hydrogen (secondary N) is 1. The first-order valence-corrected chi connectivity index (χ1v) is 8.02. The van der Waals surface area contributed by atoms with Gasteiger partial charge in [0.25, 0.3) is 0 Å². The monoisotopic (exact) mass is 431 g/mol. The van der Waals surface area contributed by atoms with Gasteiger partial charge >= 0.3 is 5.97 Å². The maximum atomic E-state index is 12.1. The van der Waals surface area contributed by atoms with E-state index in [-0.39, 0.29) is 5.97 Å². The summed E-state index contributed by atoms with van der Waals surface area (Å²) in [7, 11) is 1.36. The van der Waals surface area contributed by atoms with Crippen LogP contribution in [0.1, 0.15) is 11.6 Å². The molecule has 0 saturated carbocycles. The zero-order valence-corrected chi connectivity index (χ0v) is 15.0. The summed E-state index contributed by atoms with van der Waals surface area (Å²) in [5.41, 5.74) is 1.54. The van der Waals surface area contributed by atoms with Gasteiger partial charge in [0.05, 0.1) is 7.11 Å². The molecule has 2 aromatic carbocycles. The van der Waals surface area contributed by atoms with Gasteiger partial charge in [-0.3, -0.25) is 0 Å². The molecule has 0 aliphatic carbocycles. The summed E-state index contributed by atoms with van der Waals surface area (Å²) < 4.78 is 6.66. The highest BCUT2D eigenvalue weighted by atomic mass is 79.9. The van der Waals surface area contributed by atoms with Gasteiger partial charge < -0.3 is 10.1 Å². The molecule has 6 heteroatoms. The minimum absolute atomic E-state index is 0.371. The molecule has 2 rings (SSSR count). The molecule has 0 fully saturated rings. The molecule has 21 heavy (non-hydrogen) atoms. The van der Waals surface area contributed by atoms with Crippen LogP contribution in [0.2, 0.25) is 5.02 Å². The first-order valence-electron chi connectivity index (χ1n) is 6.06. The highest BCUT2D eigenvalue weighted by Gasteiger charge is 2.22. The van der Waals surface area contributed by atoms with E-state index in [1.165, 1.54) is 7.11 Å². The third-order valence-corrected chi connectivity index (χ3v) is 4.96. The molecule has 1 N–H and O–H groups in total. The van der Waals surface area contributed by atoms with Crippen molar-refractivity contribution in [2.45, 2.75) is 6.04 Å². The quantitative estimate of drug-likeness (QED) is 0.675. The van der Waals surface area contributed by atoms with E-state index in [1.807, 2.05) is 30.3 Å². The zero-order chi connectivity index (χ0) is 15.4. The Morgan fingerprint density at radius 1 is 1.19 bits per heavy atom. The Morgan fingerprint density at radius 2 is 1.95 bits per heavy atom. The van der Waals surface area contributed by atoms with Crippen molar-refractivity contribution in [3.8, 4) is 0 Å². The standard InChI is InChI=1S/C15H12Br2ClNO2/c1-21-15(20)14(9-5-6-12(16)13(17)7-9)19-11-4-2-3-10(18)8-11/h2-8,14,19H,1H3. The zero-order valence-electron chi connectivity index (χ0n) is 11.1. The van der Waals surface area contributed by atoms with Gasteiger partial charge in [0.1, 0.15) is 0 Å². The Morgan fingerprint density at radius 3 is 2.57 bits per heavy atom. The molecule has 0 radical (unpaired) electrons. The van der Waals surface area contributed by atoms with Crippen molar-refractivity contribution in [1.82, 2.24) is 0 Å². The predicted molar refractivity (Wildman–Crippen MR) is 91.7 cm³/mol. The Bertz CT molecular complexity index is 664. The van der Waals surface area contributed by atoms with Crippen LogP contribution in [0.4, 0.5) is 5.69 Å². The summed E-state index contributed by atoms with van der Waals surface area (Å²) in [4.78, 5) is 12.1. The Kier molecular flexibility index (Phi) is 5.67. The highest BCUT2D eigenvalue weighted by molar-refractivity contribution is 9.13. The van der Waals surface area contributed by atoms with Crippen LogP contribution in [0.25, 0.3) is 0 Å². The van der Waals surface area contributed by atoms with Crippen LogP contribution in [0.15, 0.2) is 51.4 Å². The normalized spacial score (nSPS) is 11.8. The Labute approximate surface area is 144 Å². The average molecular weight is 434 g/mol. The third-order valence-electron chi connectivity index (χ3n) is 2.85. The minimum atomic E-state index is -0.613. The van der Waals surface area contributed by atoms with Crippen molar-refractivity contribution >= 4 is 55.1 Å². The molecule has 0 bridgehead atoms. The van der Waals surface area contributed by atoms with E-state index >= 15 is 0 Å². The number of hydrogen-bond donors (Lipinski definition) is 1. The van der Waals surface area contributed by atoms with Gasteiger partial charge in [-0.25, -0.2) is 4.79 Å². The first-order chi connectivity index (χ1) is 10.0. The van der Waals surface area contributed by atoms with E-state index in [0.717, 1.165) is 20.2 Å². The van der Waals surface area contributed by atoms with E-state index in [1.54, 1.807) is 12.1 Å². The molecule has 2 aromatic rings. The number of carbonyl (C=O) groups excluding carboxylic acids is 1. The fourth-order valence-electron chi connectivity index (χ4n) is 1.83. The number of esters is 1. The highest BCUT2D eigenvalue weighted by Crippen LogP contribution is 2.29. The smallest absolute Gasteiger partial charge is 0.332 e. The summed E-state index contributed by atoms with van der Waals surface area (Å²) in [6.07, 6.45) is 0. The number of halogens is 3. The first kappa shape index (κ1) is 16.3. The van der Waals surface area contributed by atoms with Gasteiger partial charge in [-0.05, 0) is 67.8 Å². The summed E-state index contributed by atoms with van der Waals surface area (Å²) >= 11 is 12.8. The van der Waals surface area contributed by atoms with Crippen LogP contribution in [-0.4, -0.2) is 13.1 Å². The van der Waals surface area contributed by atoms with Crippen molar-refractivity contribution in [1.29, 1.82) is 0 Å². The van der Waals surface area contributed by atoms with Crippen LogP contribution >= 0.6 is 43.5 Å². The van der Waals surface area contributed by atoms with E-state index < -0.39 is 6.04 Å². The molecule has 1 unspecified atom stereocenters. The molecule has 0 amide bonds. The number of rotatable bonds is 4. The third kappa shape index (κ3) is 4.22. The van der Waals surface area contributed by atoms with Crippen LogP contribution in [-0.2, 0) is 9.53 Å². The maximum absolute atomic E-state index is 12.1. The number of ether oxygens (including phenoxy) is 1. The topological polar surface area (TPSA) is 38.3 Å². The summed E-state index contributed by atoms with van der Waals surface area (Å²) in [6, 6.07) is 12.2. The second-order valence-electron chi connectivity index (χ2n) is 4.28. The van der Waals surface area contributed by atoms with Crippen molar-refractivity contribution in [2.24, 2.45) is 0 Å². The molecule has 0 spiro atoms. The lowest BCUT2D eigenvalue weighted by molar-refractivity contribution is -0.141. The Balaban J connectivity index is 2.34. The van der Waals surface area contributed by atoms with Crippen molar-refractivity contribution in [3.05, 3.63) is 62.0 Å². The van der Waals surface area contributed by atoms with Crippen molar-refractivity contribution in [2.75, 3.05) is 12.4 Å². The van der Waals surface area contributed by atoms with Gasteiger partial charge in [-0.2, -0.15) is 0 Å². The number of anilines is 1. The van der Waals surface area contributed by atoms with Crippen molar-refractivity contribution in [3.63, 3.8) is 0 Å². The predicted octanol–water partition coefficient (Wildman–Crippen LogP) is 5.19. The Hall–Kier alpha value is -1.04. The van der Waals surface area contributed by atoms with Crippen LogP contribution in [0.3, 0.4) is 0 Å². The summed E-state index contributed by atoms with van der Waals surface area (Å²) in [5.74, 6) is -0.371. The van der Waals surface area contributed by atoms with Gasteiger partial charge in [0, 0.05) is 19.7 Å². The molecular formula is C15H12Br2ClNO2. The number of carbonyl (C=O) groups is 1. The fraction of sp³-hybridized carbons (Fsp3) is 0.133. The molecule has 0 aromatic heterocycles. The van der Waals surface area contributed by atoms with Crippen molar-refractivity contribution < 1.29 is 9.53 Å². The van der Waals surface area contributed by atoms with Crippen LogP contribution < -0.4 is 5.32 Å². The lowest BCUT2D eigenvalue weighted by Crippen LogP contribution is -2.22. The number of methoxy groups -OCH3 is 1. The number of benzene rings is 2. The SMILES string of the molecule is COC(=O)C(Nc1cccc(Cl)c1)c1ccc(Br)c(Br)c1. The molecule has 3 nitrogen and oxygen atoms in total. The second kappa shape index (κ2) is 7.29. The fourth-order valence-corrected chi connectivity index (χ4v) is 2.67. The average Bonchev–Trinajstić information content (AvgIpc) is 2.47. The lowest BCUT2D eigenvalue weighted by Gasteiger charge is -2.18. The van der Waals surface area contributed by atoms with Crippen LogP contribution in [0, 0.1) is 0 Å². The molecule has 1 atom stereocenters. The van der Waals surface area contributed by atoms with Crippen LogP contribution in [0.5, 0.6) is 0 Å². The van der Waals surface area contributed by atoms with Gasteiger partial charge in [0.2, 0.25) is 0 Å². The van der Waals surface area contributed by atoms with Gasteiger partial charge in [-0.15, -0.1) is 0 Å². The van der Waals surface area contributed by atoms with E-state index in [9.17, 15) is 4.79 Å². The van der Waals surface area contributed by atoms with Gasteiger partial charge in [-0.1, -0.05) is 23.7 Å². The lowest BCUT2D eigenvalue weighted by atomic mass is 10.1. The van der Waals surface area contributed by atoms with E-state index in [4.69, 9.17) is 16.3 Å². The molecular weight excluding hydrogens is 421 g/mol. The molecule has 0 aliphatic rings. The molecule has 0 aliphatic heterocycles. The van der Waals surface area contributed by atoms with Gasteiger partial charge in [0.15, 0.2) is 6.04 Å². The molecule has 0 heterocycles. The summed E-state index contributed by atoms with van der Waals surface area (Å²) in [6.45, 7) is 0. The maximum Gasteiger partial charge on any atom is 0.332 e. The van der Waals surface area contributed by atoms with E-state index in [0.29, 0.717) is 5.02 Å². The largest absolute Gasteiger partial charge is 0.467 e. The van der Waals surface area contributed by atoms with E-state index in [2.05, 4.69) is 37.2 Å². The second-order valence-corrected chi connectivity index (χ2v) is 6.43. The number of hydrogen-bond acceptors (Lipinski definition) is 3. The molecule has 0 saturated heterocycles.